The maximum atomic E-state index is 4.48. The first-order valence-corrected chi connectivity index (χ1v) is 12.1. The Morgan fingerprint density at radius 3 is 1.87 bits per heavy atom. The van der Waals surface area contributed by atoms with Crippen molar-refractivity contribution in [3.8, 4) is 0 Å². The molecule has 4 heteroatoms. The number of benzene rings is 1. The van der Waals surface area contributed by atoms with Crippen LogP contribution >= 0.6 is 18.5 Å². The van der Waals surface area contributed by atoms with Gasteiger partial charge in [-0.05, 0) is 57.1 Å². The molecule has 3 atom stereocenters. The SMILES string of the molecule is CC(C)(C)C1C(c2ccccc2)=CC(CP)=C1C(P)(c1cccnc1)c1cccnc1. The van der Waals surface area contributed by atoms with E-state index < -0.39 is 5.16 Å². The van der Waals surface area contributed by atoms with Crippen molar-refractivity contribution >= 4 is 24.1 Å². The highest BCUT2D eigenvalue weighted by Gasteiger charge is 2.46. The molecule has 0 bridgehead atoms. The molecule has 2 nitrogen and oxygen atoms in total. The predicted octanol–water partition coefficient (Wildman–Crippen LogP) is 6.53. The van der Waals surface area contributed by atoms with Gasteiger partial charge in [0.25, 0.3) is 0 Å². The van der Waals surface area contributed by atoms with Crippen molar-refractivity contribution in [2.45, 2.75) is 25.9 Å². The number of allylic oxidation sites excluding steroid dienone is 4. The summed E-state index contributed by atoms with van der Waals surface area (Å²) in [5.74, 6) is 0.253. The van der Waals surface area contributed by atoms with Gasteiger partial charge in [0.15, 0.2) is 0 Å². The molecule has 1 aliphatic carbocycles. The van der Waals surface area contributed by atoms with Crippen molar-refractivity contribution in [2.75, 3.05) is 6.16 Å². The molecule has 158 valence electrons. The van der Waals surface area contributed by atoms with E-state index in [0.29, 0.717) is 0 Å². The van der Waals surface area contributed by atoms with E-state index in [1.165, 1.54) is 22.3 Å². The Morgan fingerprint density at radius 1 is 0.839 bits per heavy atom. The van der Waals surface area contributed by atoms with E-state index in [1.54, 1.807) is 0 Å². The molecule has 2 aromatic heterocycles. The fourth-order valence-corrected chi connectivity index (χ4v) is 5.82. The minimum absolute atomic E-state index is 0.0326. The van der Waals surface area contributed by atoms with Crippen LogP contribution in [0.4, 0.5) is 0 Å². The molecule has 0 fully saturated rings. The molecule has 2 heterocycles. The Kier molecular flexibility index (Phi) is 6.25. The summed E-state index contributed by atoms with van der Waals surface area (Å²) in [5, 5.41) is -0.417. The molecule has 0 N–H and O–H groups in total. The molecule has 0 radical (unpaired) electrons. The number of pyridine rings is 2. The number of hydrogen-bond acceptors (Lipinski definition) is 2. The van der Waals surface area contributed by atoms with Crippen LogP contribution in [0.1, 0.15) is 37.5 Å². The van der Waals surface area contributed by atoms with Gasteiger partial charge in [0.2, 0.25) is 0 Å². The Hall–Kier alpha value is -2.14. The highest BCUT2D eigenvalue weighted by Crippen LogP contribution is 2.58. The average molecular weight is 444 g/mol. The normalized spacial score (nSPS) is 17.1. The van der Waals surface area contributed by atoms with E-state index in [1.807, 2.05) is 36.9 Å². The zero-order valence-corrected chi connectivity index (χ0v) is 20.7. The Morgan fingerprint density at radius 2 is 1.42 bits per heavy atom. The van der Waals surface area contributed by atoms with Gasteiger partial charge in [-0.3, -0.25) is 9.97 Å². The molecule has 0 saturated heterocycles. The summed E-state index contributed by atoms with van der Waals surface area (Å²) in [5.41, 5.74) is 7.82. The lowest BCUT2D eigenvalue weighted by Gasteiger charge is -2.42. The summed E-state index contributed by atoms with van der Waals surface area (Å²) >= 11 is 0. The molecular formula is C27H30N2P2. The Labute approximate surface area is 190 Å². The maximum absolute atomic E-state index is 4.48. The van der Waals surface area contributed by atoms with Gasteiger partial charge in [0.1, 0.15) is 0 Å². The monoisotopic (exact) mass is 444 g/mol. The third kappa shape index (κ3) is 4.05. The maximum Gasteiger partial charge on any atom is 0.0593 e. The van der Waals surface area contributed by atoms with Crippen molar-refractivity contribution in [1.29, 1.82) is 0 Å². The fraction of sp³-hybridized carbons (Fsp3) is 0.259. The molecule has 4 rings (SSSR count). The molecule has 1 aromatic carbocycles. The van der Waals surface area contributed by atoms with Crippen LogP contribution < -0.4 is 0 Å². The van der Waals surface area contributed by atoms with Gasteiger partial charge < -0.3 is 0 Å². The van der Waals surface area contributed by atoms with E-state index in [2.05, 4.69) is 97.8 Å². The van der Waals surface area contributed by atoms with Crippen molar-refractivity contribution in [2.24, 2.45) is 11.3 Å². The zero-order chi connectivity index (χ0) is 22.1. The summed E-state index contributed by atoms with van der Waals surface area (Å²) in [6.45, 7) is 7.04. The molecule has 0 aliphatic heterocycles. The summed E-state index contributed by atoms with van der Waals surface area (Å²) in [7, 11) is 6.14. The van der Waals surface area contributed by atoms with Gasteiger partial charge in [0, 0.05) is 30.7 Å². The summed E-state index contributed by atoms with van der Waals surface area (Å²) in [6, 6.07) is 19.2. The standard InChI is InChI=1S/C27H30N2P2/c1-26(2,3)25-23(19-9-5-4-6-10-19)15-20(18-30)24(25)27(31,21-11-7-13-28-16-21)22-12-8-14-29-17-22/h4-17,25H,18,30-31H2,1-3H3. The van der Waals surface area contributed by atoms with Crippen LogP contribution in [0.15, 0.2) is 96.6 Å². The van der Waals surface area contributed by atoms with Crippen molar-refractivity contribution < 1.29 is 0 Å². The summed E-state index contributed by atoms with van der Waals surface area (Å²) < 4.78 is 0. The lowest BCUT2D eigenvalue weighted by molar-refractivity contribution is 0.331. The number of nitrogens with zero attached hydrogens (tertiary/aromatic N) is 2. The molecule has 3 aromatic rings. The summed E-state index contributed by atoms with van der Waals surface area (Å²) in [6.07, 6.45) is 11.0. The van der Waals surface area contributed by atoms with Crippen LogP contribution in [-0.4, -0.2) is 16.1 Å². The van der Waals surface area contributed by atoms with Gasteiger partial charge in [-0.1, -0.05) is 69.3 Å². The van der Waals surface area contributed by atoms with Gasteiger partial charge in [-0.15, -0.1) is 18.5 Å². The first-order chi connectivity index (χ1) is 14.9. The Bertz CT molecular complexity index is 1060. The van der Waals surface area contributed by atoms with Crippen LogP contribution in [0.25, 0.3) is 5.57 Å². The van der Waals surface area contributed by atoms with Crippen molar-refractivity contribution in [1.82, 2.24) is 9.97 Å². The fourth-order valence-electron chi connectivity index (χ4n) is 4.79. The molecule has 3 unspecified atom stereocenters. The second-order valence-corrected chi connectivity index (χ2v) is 10.5. The van der Waals surface area contributed by atoms with E-state index in [9.17, 15) is 0 Å². The number of aromatic nitrogens is 2. The first kappa shape index (κ1) is 22.1. The zero-order valence-electron chi connectivity index (χ0n) is 18.4. The highest BCUT2D eigenvalue weighted by atomic mass is 31.0. The Balaban J connectivity index is 2.00. The average Bonchev–Trinajstić information content (AvgIpc) is 3.21. The molecule has 0 saturated carbocycles. The van der Waals surface area contributed by atoms with Gasteiger partial charge in [-0.25, -0.2) is 0 Å². The minimum atomic E-state index is -0.417. The van der Waals surface area contributed by atoms with Crippen LogP contribution in [0.2, 0.25) is 0 Å². The largest absolute Gasteiger partial charge is 0.264 e. The predicted molar refractivity (Wildman–Crippen MR) is 138 cm³/mol. The lowest BCUT2D eigenvalue weighted by atomic mass is 9.67. The minimum Gasteiger partial charge on any atom is -0.264 e. The topological polar surface area (TPSA) is 25.8 Å². The lowest BCUT2D eigenvalue weighted by Crippen LogP contribution is -2.33. The molecular weight excluding hydrogens is 414 g/mol. The third-order valence-electron chi connectivity index (χ3n) is 6.13. The number of hydrogen-bond donors (Lipinski definition) is 0. The van der Waals surface area contributed by atoms with E-state index in [-0.39, 0.29) is 11.3 Å². The summed E-state index contributed by atoms with van der Waals surface area (Å²) in [4.78, 5) is 8.97. The van der Waals surface area contributed by atoms with E-state index in [0.717, 1.165) is 17.3 Å². The van der Waals surface area contributed by atoms with Crippen LogP contribution in [0.5, 0.6) is 0 Å². The first-order valence-electron chi connectivity index (χ1n) is 10.7. The molecule has 31 heavy (non-hydrogen) atoms. The smallest absolute Gasteiger partial charge is 0.0593 e. The second kappa shape index (κ2) is 8.78. The van der Waals surface area contributed by atoms with E-state index in [4.69, 9.17) is 0 Å². The second-order valence-electron chi connectivity index (χ2n) is 9.20. The quantitative estimate of drug-likeness (QED) is 0.418. The number of rotatable bonds is 5. The van der Waals surface area contributed by atoms with Crippen LogP contribution in [-0.2, 0) is 5.16 Å². The van der Waals surface area contributed by atoms with Crippen molar-refractivity contribution in [3.05, 3.63) is 113 Å². The molecule has 1 aliphatic rings. The highest BCUT2D eigenvalue weighted by molar-refractivity contribution is 7.19. The third-order valence-corrected chi connectivity index (χ3v) is 7.54. The molecule has 0 amide bonds. The van der Waals surface area contributed by atoms with Crippen LogP contribution in [0, 0.1) is 11.3 Å². The molecule has 0 spiro atoms. The van der Waals surface area contributed by atoms with Gasteiger partial charge in [-0.2, -0.15) is 0 Å². The van der Waals surface area contributed by atoms with Crippen LogP contribution in [0.3, 0.4) is 0 Å². The van der Waals surface area contributed by atoms with Gasteiger partial charge in [0.05, 0.1) is 5.16 Å². The van der Waals surface area contributed by atoms with E-state index >= 15 is 0 Å². The van der Waals surface area contributed by atoms with Gasteiger partial charge >= 0.3 is 0 Å². The van der Waals surface area contributed by atoms with Crippen molar-refractivity contribution in [3.63, 3.8) is 0 Å².